The second-order valence-electron chi connectivity index (χ2n) is 6.51. The molecule has 0 aliphatic heterocycles. The number of aromatic nitrogens is 5. The molecule has 0 aliphatic carbocycles. The van der Waals surface area contributed by atoms with Gasteiger partial charge in [0, 0.05) is 21.8 Å². The van der Waals surface area contributed by atoms with Gasteiger partial charge < -0.3 is 4.57 Å². The molecule has 5 rings (SSSR count). The molecule has 3 heterocycles. The van der Waals surface area contributed by atoms with Gasteiger partial charge in [0.25, 0.3) is 11.3 Å². The third kappa shape index (κ3) is 2.97. The highest BCUT2D eigenvalue weighted by atomic mass is 35.5. The highest BCUT2D eigenvalue weighted by molar-refractivity contribution is 6.33. The van der Waals surface area contributed by atoms with Crippen LogP contribution in [0.3, 0.4) is 0 Å². The first-order chi connectivity index (χ1) is 14.1. The van der Waals surface area contributed by atoms with Crippen molar-refractivity contribution < 1.29 is 0 Å². The molecule has 0 amide bonds. The van der Waals surface area contributed by atoms with Crippen LogP contribution in [0.2, 0.25) is 10.0 Å². The van der Waals surface area contributed by atoms with Gasteiger partial charge in [0.1, 0.15) is 6.33 Å². The van der Waals surface area contributed by atoms with Crippen molar-refractivity contribution >= 4 is 39.9 Å². The first kappa shape index (κ1) is 17.8. The molecule has 0 N–H and O–H groups in total. The minimum absolute atomic E-state index is 0.206. The van der Waals surface area contributed by atoms with E-state index in [9.17, 15) is 4.79 Å². The number of fused-ring (bicyclic) bond motifs is 2. The van der Waals surface area contributed by atoms with Crippen LogP contribution in [-0.4, -0.2) is 24.1 Å². The molecule has 0 radical (unpaired) electrons. The first-order valence-corrected chi connectivity index (χ1v) is 9.60. The van der Waals surface area contributed by atoms with Gasteiger partial charge in [-0.3, -0.25) is 4.79 Å². The third-order valence-electron chi connectivity index (χ3n) is 4.77. The van der Waals surface area contributed by atoms with Crippen LogP contribution in [0.25, 0.3) is 27.9 Å². The van der Waals surface area contributed by atoms with Gasteiger partial charge in [-0.25, -0.2) is 4.98 Å². The Morgan fingerprint density at radius 3 is 2.48 bits per heavy atom. The lowest BCUT2D eigenvalue weighted by Crippen LogP contribution is -2.22. The van der Waals surface area contributed by atoms with Gasteiger partial charge in [-0.15, -0.1) is 0 Å². The lowest BCUT2D eigenvalue weighted by atomic mass is 10.1. The molecule has 6 nitrogen and oxygen atoms in total. The second kappa shape index (κ2) is 6.99. The lowest BCUT2D eigenvalue weighted by Gasteiger charge is -2.13. The minimum Gasteiger partial charge on any atom is -0.310 e. The number of hydrogen-bond acceptors (Lipinski definition) is 4. The molecule has 2 aromatic carbocycles. The summed E-state index contributed by atoms with van der Waals surface area (Å²) in [6, 6.07) is 16.6. The molecule has 0 atom stereocenters. The summed E-state index contributed by atoms with van der Waals surface area (Å²) in [7, 11) is 0. The van der Waals surface area contributed by atoms with Crippen LogP contribution in [0.15, 0.2) is 71.9 Å². The summed E-state index contributed by atoms with van der Waals surface area (Å²) in [5, 5.41) is 5.81. The van der Waals surface area contributed by atoms with Crippen molar-refractivity contribution in [3.8, 4) is 11.3 Å². The Hall–Kier alpha value is -3.22. The van der Waals surface area contributed by atoms with Crippen LogP contribution in [-0.2, 0) is 6.54 Å². The number of pyridine rings is 1. The van der Waals surface area contributed by atoms with Crippen molar-refractivity contribution in [1.82, 2.24) is 24.1 Å². The molecule has 0 bridgehead atoms. The van der Waals surface area contributed by atoms with E-state index < -0.39 is 0 Å². The van der Waals surface area contributed by atoms with E-state index in [1.54, 1.807) is 33.5 Å². The Labute approximate surface area is 175 Å². The van der Waals surface area contributed by atoms with Gasteiger partial charge in [0.05, 0.1) is 23.1 Å². The highest BCUT2D eigenvalue weighted by Crippen LogP contribution is 2.31. The zero-order valence-corrected chi connectivity index (χ0v) is 16.5. The maximum atomic E-state index is 13.5. The van der Waals surface area contributed by atoms with E-state index in [1.165, 1.54) is 6.33 Å². The summed E-state index contributed by atoms with van der Waals surface area (Å²) in [5.41, 5.74) is 2.42. The van der Waals surface area contributed by atoms with Gasteiger partial charge in [0.15, 0.2) is 0 Å². The monoisotopic (exact) mass is 421 g/mol. The zero-order chi connectivity index (χ0) is 20.0. The summed E-state index contributed by atoms with van der Waals surface area (Å²) in [5.74, 6) is 0.399. The SMILES string of the molecule is O=c1c2c(-c3ccccc3Cl)n3ncnc3nc2ccn1Cc1ccccc1Cl. The van der Waals surface area contributed by atoms with Gasteiger partial charge in [0.2, 0.25) is 0 Å². The molecule has 0 spiro atoms. The van der Waals surface area contributed by atoms with E-state index in [2.05, 4.69) is 15.1 Å². The van der Waals surface area contributed by atoms with Crippen molar-refractivity contribution in [3.05, 3.63) is 93.1 Å². The summed E-state index contributed by atoms with van der Waals surface area (Å²) in [6.07, 6.45) is 3.12. The Kier molecular flexibility index (Phi) is 4.30. The number of benzene rings is 2. The molecule has 142 valence electrons. The Balaban J connectivity index is 1.83. The zero-order valence-electron chi connectivity index (χ0n) is 15.0. The molecular formula is C21H13Cl2N5O. The molecule has 29 heavy (non-hydrogen) atoms. The van der Waals surface area contributed by atoms with E-state index in [0.29, 0.717) is 44.5 Å². The maximum absolute atomic E-state index is 13.5. The quantitative estimate of drug-likeness (QED) is 0.431. The second-order valence-corrected chi connectivity index (χ2v) is 7.33. The van der Waals surface area contributed by atoms with E-state index in [-0.39, 0.29) is 5.56 Å². The number of halogens is 2. The summed E-state index contributed by atoms with van der Waals surface area (Å²) in [4.78, 5) is 22.2. The fourth-order valence-electron chi connectivity index (χ4n) is 3.40. The number of hydrogen-bond donors (Lipinski definition) is 0. The summed E-state index contributed by atoms with van der Waals surface area (Å²) >= 11 is 12.7. The van der Waals surface area contributed by atoms with Crippen LogP contribution in [0.1, 0.15) is 5.56 Å². The first-order valence-electron chi connectivity index (χ1n) is 8.84. The number of rotatable bonds is 3. The van der Waals surface area contributed by atoms with Crippen LogP contribution in [0.4, 0.5) is 0 Å². The summed E-state index contributed by atoms with van der Waals surface area (Å²) < 4.78 is 3.15. The Morgan fingerprint density at radius 2 is 1.69 bits per heavy atom. The molecule has 3 aromatic heterocycles. The molecular weight excluding hydrogens is 409 g/mol. The van der Waals surface area contributed by atoms with Crippen molar-refractivity contribution in [1.29, 1.82) is 0 Å². The van der Waals surface area contributed by atoms with Crippen LogP contribution < -0.4 is 5.56 Å². The standard InChI is InChI=1S/C21H13Cl2N5O/c22-15-7-3-1-5-13(15)11-27-10-9-17-18(20(27)29)19(14-6-2-4-8-16(14)23)28-21(26-17)24-12-25-28/h1-10,12H,11H2. The normalized spacial score (nSPS) is 11.4. The third-order valence-corrected chi connectivity index (χ3v) is 5.47. The molecule has 8 heteroatoms. The van der Waals surface area contributed by atoms with E-state index >= 15 is 0 Å². The fraction of sp³-hybridized carbons (Fsp3) is 0.0476. The predicted molar refractivity (Wildman–Crippen MR) is 114 cm³/mol. The molecule has 0 aliphatic rings. The smallest absolute Gasteiger partial charge is 0.262 e. The largest absolute Gasteiger partial charge is 0.310 e. The maximum Gasteiger partial charge on any atom is 0.262 e. The molecule has 0 saturated carbocycles. The van der Waals surface area contributed by atoms with Gasteiger partial charge in [-0.05, 0) is 23.8 Å². The number of nitrogens with zero attached hydrogens (tertiary/aromatic N) is 5. The van der Waals surface area contributed by atoms with E-state index in [0.717, 1.165) is 5.56 Å². The average Bonchev–Trinajstić information content (AvgIpc) is 3.19. The van der Waals surface area contributed by atoms with Gasteiger partial charge in [-0.1, -0.05) is 59.6 Å². The van der Waals surface area contributed by atoms with Crippen LogP contribution in [0.5, 0.6) is 0 Å². The topological polar surface area (TPSA) is 65.1 Å². The average molecular weight is 422 g/mol. The molecule has 0 fully saturated rings. The van der Waals surface area contributed by atoms with E-state index in [1.807, 2.05) is 36.4 Å². The molecule has 0 saturated heterocycles. The Bertz CT molecular complexity index is 1440. The summed E-state index contributed by atoms with van der Waals surface area (Å²) in [6.45, 7) is 0.339. The van der Waals surface area contributed by atoms with E-state index in [4.69, 9.17) is 23.2 Å². The van der Waals surface area contributed by atoms with Crippen molar-refractivity contribution in [2.45, 2.75) is 6.54 Å². The van der Waals surface area contributed by atoms with Crippen molar-refractivity contribution in [3.63, 3.8) is 0 Å². The van der Waals surface area contributed by atoms with Crippen molar-refractivity contribution in [2.24, 2.45) is 0 Å². The lowest BCUT2D eigenvalue weighted by molar-refractivity contribution is 0.766. The highest BCUT2D eigenvalue weighted by Gasteiger charge is 2.19. The minimum atomic E-state index is -0.206. The Morgan fingerprint density at radius 1 is 0.931 bits per heavy atom. The predicted octanol–water partition coefficient (Wildman–Crippen LogP) is 4.46. The van der Waals surface area contributed by atoms with Crippen molar-refractivity contribution in [2.75, 3.05) is 0 Å². The van der Waals surface area contributed by atoms with Crippen LogP contribution >= 0.6 is 23.2 Å². The van der Waals surface area contributed by atoms with Gasteiger partial charge >= 0.3 is 0 Å². The molecule has 5 aromatic rings. The fourth-order valence-corrected chi connectivity index (χ4v) is 3.82. The van der Waals surface area contributed by atoms with Gasteiger partial charge in [-0.2, -0.15) is 14.6 Å². The molecule has 0 unspecified atom stereocenters. The van der Waals surface area contributed by atoms with Crippen LogP contribution in [0, 0.1) is 0 Å².